The van der Waals surface area contributed by atoms with E-state index in [1.807, 2.05) is 0 Å². The van der Waals surface area contributed by atoms with E-state index in [4.69, 9.17) is 4.74 Å². The molecule has 0 unspecified atom stereocenters. The second kappa shape index (κ2) is 4.68. The average Bonchev–Trinajstić information content (AvgIpc) is 2.83. The van der Waals surface area contributed by atoms with Crippen LogP contribution in [-0.2, 0) is 13.2 Å². The fraction of sp³-hybridized carbons (Fsp3) is 0.357. The number of hydrogen-bond donors (Lipinski definition) is 0. The van der Waals surface area contributed by atoms with Gasteiger partial charge in [0.15, 0.2) is 0 Å². The molecule has 2 aromatic rings. The number of aromatic nitrogens is 2. The van der Waals surface area contributed by atoms with Gasteiger partial charge in [0.2, 0.25) is 0 Å². The predicted octanol–water partition coefficient (Wildman–Crippen LogP) is 2.93. The molecule has 0 spiro atoms. The van der Waals surface area contributed by atoms with Crippen molar-refractivity contribution in [3.8, 4) is 16.9 Å². The van der Waals surface area contributed by atoms with Crippen LogP contribution < -0.4 is 9.64 Å². The molecule has 0 saturated heterocycles. The largest absolute Gasteiger partial charge is 0.490 e. The summed E-state index contributed by atoms with van der Waals surface area (Å²) in [4.78, 5) is 1.76. The molecule has 7 heteroatoms. The fourth-order valence-corrected chi connectivity index (χ4v) is 2.43. The maximum Gasteiger partial charge on any atom is 0.417 e. The molecule has 21 heavy (non-hydrogen) atoms. The van der Waals surface area contributed by atoms with Crippen LogP contribution in [0.5, 0.6) is 5.75 Å². The molecule has 4 nitrogen and oxygen atoms in total. The van der Waals surface area contributed by atoms with Gasteiger partial charge >= 0.3 is 6.18 Å². The summed E-state index contributed by atoms with van der Waals surface area (Å²) in [6.45, 7) is 1.03. The molecule has 0 bridgehead atoms. The van der Waals surface area contributed by atoms with E-state index in [1.54, 1.807) is 25.2 Å². The van der Waals surface area contributed by atoms with Gasteiger partial charge in [-0.3, -0.25) is 4.68 Å². The maximum atomic E-state index is 13.4. The lowest BCUT2D eigenvalue weighted by molar-refractivity contribution is -0.137. The van der Waals surface area contributed by atoms with Crippen LogP contribution in [0.3, 0.4) is 0 Å². The minimum absolute atomic E-state index is 0.0876. The van der Waals surface area contributed by atoms with E-state index in [0.717, 1.165) is 6.07 Å². The van der Waals surface area contributed by atoms with Crippen LogP contribution in [0.1, 0.15) is 5.56 Å². The maximum absolute atomic E-state index is 13.4. The standard InChI is InChI=1S/C14H14F3N3O/c1-19-3-4-21-13-5-10(9-7-18-20(2)8-9)11(6-12(13)19)14(15,16)17/h5-8H,3-4H2,1-2H3. The SMILES string of the molecule is CN1CCOc2cc(-c3cnn(C)c3)c(C(F)(F)F)cc21. The van der Waals surface area contributed by atoms with Crippen LogP contribution in [0.2, 0.25) is 0 Å². The Morgan fingerprint density at radius 3 is 2.62 bits per heavy atom. The molecular weight excluding hydrogens is 283 g/mol. The molecule has 1 aromatic heterocycles. The Morgan fingerprint density at radius 1 is 1.24 bits per heavy atom. The topological polar surface area (TPSA) is 30.3 Å². The Morgan fingerprint density at radius 2 is 2.00 bits per heavy atom. The van der Waals surface area contributed by atoms with Crippen molar-refractivity contribution in [1.82, 2.24) is 9.78 Å². The summed E-state index contributed by atoms with van der Waals surface area (Å²) in [7, 11) is 3.42. The summed E-state index contributed by atoms with van der Waals surface area (Å²) in [5.74, 6) is 0.468. The van der Waals surface area contributed by atoms with Gasteiger partial charge in [0.1, 0.15) is 12.4 Å². The third kappa shape index (κ3) is 2.43. The number of alkyl halides is 3. The van der Waals surface area contributed by atoms with Crippen LogP contribution >= 0.6 is 0 Å². The van der Waals surface area contributed by atoms with Gasteiger partial charge < -0.3 is 9.64 Å². The second-order valence-corrected chi connectivity index (χ2v) is 5.04. The lowest BCUT2D eigenvalue weighted by Gasteiger charge is -2.29. The first-order chi connectivity index (χ1) is 9.86. The van der Waals surface area contributed by atoms with Crippen molar-refractivity contribution < 1.29 is 17.9 Å². The number of benzene rings is 1. The number of nitrogens with zero attached hydrogens (tertiary/aromatic N) is 3. The molecule has 1 aliphatic heterocycles. The highest BCUT2D eigenvalue weighted by Crippen LogP contribution is 2.44. The molecule has 0 atom stereocenters. The van der Waals surface area contributed by atoms with E-state index < -0.39 is 11.7 Å². The van der Waals surface area contributed by atoms with Crippen LogP contribution in [0.25, 0.3) is 11.1 Å². The van der Waals surface area contributed by atoms with Crippen LogP contribution in [0, 0.1) is 0 Å². The minimum atomic E-state index is -4.43. The Bertz CT molecular complexity index is 679. The third-order valence-electron chi connectivity index (χ3n) is 3.52. The third-order valence-corrected chi connectivity index (χ3v) is 3.52. The highest BCUT2D eigenvalue weighted by molar-refractivity contribution is 5.75. The van der Waals surface area contributed by atoms with Gasteiger partial charge in [-0.2, -0.15) is 18.3 Å². The summed E-state index contributed by atoms with van der Waals surface area (Å²) >= 11 is 0. The average molecular weight is 297 g/mol. The monoisotopic (exact) mass is 297 g/mol. The second-order valence-electron chi connectivity index (χ2n) is 5.04. The fourth-order valence-electron chi connectivity index (χ4n) is 2.43. The normalized spacial score (nSPS) is 14.8. The van der Waals surface area contributed by atoms with E-state index in [9.17, 15) is 13.2 Å². The van der Waals surface area contributed by atoms with E-state index in [0.29, 0.717) is 30.2 Å². The summed E-state index contributed by atoms with van der Waals surface area (Å²) in [5.41, 5.74) is 0.293. The van der Waals surface area contributed by atoms with Crippen LogP contribution in [-0.4, -0.2) is 30.0 Å². The highest BCUT2D eigenvalue weighted by Gasteiger charge is 2.36. The Labute approximate surface area is 119 Å². The van der Waals surface area contributed by atoms with Crippen molar-refractivity contribution in [2.24, 2.45) is 7.05 Å². The van der Waals surface area contributed by atoms with Crippen LogP contribution in [0.15, 0.2) is 24.5 Å². The first kappa shape index (κ1) is 13.8. The molecular formula is C14H14F3N3O. The van der Waals surface area contributed by atoms with Gasteiger partial charge in [-0.1, -0.05) is 0 Å². The van der Waals surface area contributed by atoms with E-state index in [2.05, 4.69) is 5.10 Å². The molecule has 0 radical (unpaired) electrons. The van der Waals surface area contributed by atoms with Gasteiger partial charge in [-0.05, 0) is 12.1 Å². The number of halogens is 3. The van der Waals surface area contributed by atoms with Crippen molar-refractivity contribution in [3.63, 3.8) is 0 Å². The number of likely N-dealkylation sites (N-methyl/N-ethyl adjacent to an activating group) is 1. The van der Waals surface area contributed by atoms with Crippen molar-refractivity contribution in [3.05, 3.63) is 30.1 Å². The molecule has 0 fully saturated rings. The first-order valence-electron chi connectivity index (χ1n) is 6.44. The summed E-state index contributed by atoms with van der Waals surface area (Å²) in [6.07, 6.45) is -1.45. The zero-order chi connectivity index (χ0) is 15.2. The molecule has 1 aliphatic rings. The summed E-state index contributed by atoms with van der Waals surface area (Å²) in [5, 5.41) is 3.94. The quantitative estimate of drug-likeness (QED) is 0.811. The molecule has 0 N–H and O–H groups in total. The van der Waals surface area contributed by atoms with Crippen LogP contribution in [0.4, 0.5) is 18.9 Å². The molecule has 1 aromatic carbocycles. The number of hydrogen-bond acceptors (Lipinski definition) is 3. The van der Waals surface area contributed by atoms with Crippen molar-refractivity contribution >= 4 is 5.69 Å². The Balaban J connectivity index is 2.22. The Kier molecular flexibility index (Phi) is 3.07. The summed E-state index contributed by atoms with van der Waals surface area (Å²) in [6, 6.07) is 2.60. The first-order valence-corrected chi connectivity index (χ1v) is 6.44. The van der Waals surface area contributed by atoms with Gasteiger partial charge in [-0.15, -0.1) is 0 Å². The molecule has 2 heterocycles. The van der Waals surface area contributed by atoms with E-state index in [1.165, 1.54) is 16.9 Å². The number of fused-ring (bicyclic) bond motifs is 1. The van der Waals surface area contributed by atoms with Gasteiger partial charge in [0.05, 0.1) is 24.0 Å². The van der Waals surface area contributed by atoms with Crippen molar-refractivity contribution in [2.75, 3.05) is 25.1 Å². The number of rotatable bonds is 1. The number of aryl methyl sites for hydroxylation is 1. The van der Waals surface area contributed by atoms with Gasteiger partial charge in [-0.25, -0.2) is 0 Å². The van der Waals surface area contributed by atoms with Gasteiger partial charge in [0.25, 0.3) is 0 Å². The molecule has 0 saturated carbocycles. The highest BCUT2D eigenvalue weighted by atomic mass is 19.4. The van der Waals surface area contributed by atoms with Crippen molar-refractivity contribution in [2.45, 2.75) is 6.18 Å². The summed E-state index contributed by atoms with van der Waals surface area (Å²) < 4.78 is 47.0. The smallest absolute Gasteiger partial charge is 0.417 e. The zero-order valence-electron chi connectivity index (χ0n) is 11.6. The Hall–Kier alpha value is -2.18. The van der Waals surface area contributed by atoms with E-state index in [-0.39, 0.29) is 5.56 Å². The number of anilines is 1. The lowest BCUT2D eigenvalue weighted by atomic mass is 9.99. The minimum Gasteiger partial charge on any atom is -0.490 e. The molecule has 3 rings (SSSR count). The predicted molar refractivity (Wildman–Crippen MR) is 72.4 cm³/mol. The van der Waals surface area contributed by atoms with E-state index >= 15 is 0 Å². The van der Waals surface area contributed by atoms with Gasteiger partial charge in [0, 0.05) is 31.4 Å². The molecule has 0 aliphatic carbocycles. The lowest BCUT2D eigenvalue weighted by Crippen LogP contribution is -2.29. The molecule has 112 valence electrons. The molecule has 0 amide bonds. The zero-order valence-corrected chi connectivity index (χ0v) is 11.6. The number of ether oxygens (including phenoxy) is 1. The van der Waals surface area contributed by atoms with Crippen molar-refractivity contribution in [1.29, 1.82) is 0 Å².